The van der Waals surface area contributed by atoms with Crippen molar-refractivity contribution in [1.82, 2.24) is 15.2 Å². The molecule has 0 bridgehead atoms. The van der Waals surface area contributed by atoms with E-state index in [1.165, 1.54) is 24.3 Å². The molecule has 2 heterocycles. The van der Waals surface area contributed by atoms with Gasteiger partial charge in [-0.15, -0.1) is 0 Å². The van der Waals surface area contributed by atoms with E-state index in [0.29, 0.717) is 24.7 Å². The molecule has 0 aliphatic carbocycles. The van der Waals surface area contributed by atoms with E-state index in [0.717, 1.165) is 5.56 Å². The molecule has 1 atom stereocenters. The predicted molar refractivity (Wildman–Crippen MR) is 88.3 cm³/mol. The first-order chi connectivity index (χ1) is 12.0. The fourth-order valence-electron chi connectivity index (χ4n) is 2.61. The molecule has 0 spiro atoms. The van der Waals surface area contributed by atoms with Gasteiger partial charge in [-0.2, -0.15) is 0 Å². The minimum Gasteiger partial charge on any atom is -0.439 e. The molecule has 1 saturated heterocycles. The summed E-state index contributed by atoms with van der Waals surface area (Å²) in [6.45, 7) is 0.759. The van der Waals surface area contributed by atoms with E-state index in [1.807, 2.05) is 0 Å². The summed E-state index contributed by atoms with van der Waals surface area (Å²) in [7, 11) is 1.69. The summed E-state index contributed by atoms with van der Waals surface area (Å²) < 4.78 is 18.5. The van der Waals surface area contributed by atoms with Crippen molar-refractivity contribution in [1.29, 1.82) is 0 Å². The summed E-state index contributed by atoms with van der Waals surface area (Å²) in [5.74, 6) is 0.0216. The number of amides is 2. The van der Waals surface area contributed by atoms with Gasteiger partial charge in [0.1, 0.15) is 11.6 Å². The van der Waals surface area contributed by atoms with Crippen LogP contribution in [0.2, 0.25) is 0 Å². The number of carbonyl (C=O) groups excluding carboxylic acids is 2. The zero-order valence-electron chi connectivity index (χ0n) is 13.7. The van der Waals surface area contributed by atoms with Gasteiger partial charge >= 0.3 is 0 Å². The number of benzene rings is 1. The van der Waals surface area contributed by atoms with Crippen LogP contribution in [-0.4, -0.2) is 35.3 Å². The fraction of sp³-hybridized carbons (Fsp3) is 0.278. The summed E-state index contributed by atoms with van der Waals surface area (Å²) >= 11 is 0. The Hall–Kier alpha value is -2.96. The lowest BCUT2D eigenvalue weighted by Crippen LogP contribution is -2.31. The molecule has 2 aromatic rings. The van der Waals surface area contributed by atoms with Crippen molar-refractivity contribution in [2.24, 2.45) is 5.92 Å². The number of pyridine rings is 1. The molecule has 1 fully saturated rings. The van der Waals surface area contributed by atoms with Crippen LogP contribution >= 0.6 is 0 Å². The van der Waals surface area contributed by atoms with Gasteiger partial charge in [0.05, 0.1) is 5.92 Å². The molecule has 1 aromatic carbocycles. The van der Waals surface area contributed by atoms with E-state index in [2.05, 4.69) is 10.3 Å². The molecule has 1 aliphatic heterocycles. The lowest BCUT2D eigenvalue weighted by atomic mass is 10.1. The number of hydrogen-bond acceptors (Lipinski definition) is 4. The first-order valence-electron chi connectivity index (χ1n) is 7.91. The van der Waals surface area contributed by atoms with Crippen molar-refractivity contribution in [3.05, 3.63) is 54.0 Å². The van der Waals surface area contributed by atoms with Crippen molar-refractivity contribution >= 4 is 11.8 Å². The highest BCUT2D eigenvalue weighted by molar-refractivity contribution is 5.89. The van der Waals surface area contributed by atoms with Crippen LogP contribution in [0.5, 0.6) is 11.6 Å². The lowest BCUT2D eigenvalue weighted by Gasteiger charge is -2.11. The van der Waals surface area contributed by atoms with Gasteiger partial charge in [-0.05, 0) is 35.9 Å². The predicted octanol–water partition coefficient (Wildman–Crippen LogP) is 2.11. The average molecular weight is 343 g/mol. The maximum absolute atomic E-state index is 12.9. The van der Waals surface area contributed by atoms with Gasteiger partial charge in [0.25, 0.3) is 0 Å². The molecule has 0 unspecified atom stereocenters. The van der Waals surface area contributed by atoms with E-state index in [1.54, 1.807) is 30.3 Å². The number of halogens is 1. The monoisotopic (exact) mass is 343 g/mol. The van der Waals surface area contributed by atoms with Gasteiger partial charge in [0, 0.05) is 38.8 Å². The quantitative estimate of drug-likeness (QED) is 0.903. The van der Waals surface area contributed by atoms with E-state index in [9.17, 15) is 14.0 Å². The second-order valence-electron chi connectivity index (χ2n) is 5.95. The molecule has 0 radical (unpaired) electrons. The third kappa shape index (κ3) is 4.32. The number of nitrogens with zero attached hydrogens (tertiary/aromatic N) is 2. The van der Waals surface area contributed by atoms with E-state index < -0.39 is 0 Å². The van der Waals surface area contributed by atoms with Crippen molar-refractivity contribution in [2.75, 3.05) is 13.6 Å². The summed E-state index contributed by atoms with van der Waals surface area (Å²) in [5.41, 5.74) is 0.818. The van der Waals surface area contributed by atoms with E-state index in [4.69, 9.17) is 4.74 Å². The summed E-state index contributed by atoms with van der Waals surface area (Å²) in [4.78, 5) is 29.3. The highest BCUT2D eigenvalue weighted by atomic mass is 19.1. The molecule has 130 valence electrons. The standard InChI is InChI=1S/C18H18FN3O3/c1-22-11-13(9-17(22)23)18(24)21-10-12-6-7-20-16(8-12)25-15-4-2-14(19)3-5-15/h2-8,13H,9-11H2,1H3,(H,21,24)/t13-/m0/s1. The maximum Gasteiger partial charge on any atom is 0.225 e. The molecule has 1 aromatic heterocycles. The molecule has 1 N–H and O–H groups in total. The van der Waals surface area contributed by atoms with Crippen molar-refractivity contribution in [3.63, 3.8) is 0 Å². The summed E-state index contributed by atoms with van der Waals surface area (Å²) in [6, 6.07) is 9.11. The number of nitrogens with one attached hydrogen (secondary N) is 1. The van der Waals surface area contributed by atoms with Crippen LogP contribution in [0.3, 0.4) is 0 Å². The van der Waals surface area contributed by atoms with Gasteiger partial charge in [0.15, 0.2) is 0 Å². The first-order valence-corrected chi connectivity index (χ1v) is 7.91. The Bertz CT molecular complexity index is 779. The van der Waals surface area contributed by atoms with E-state index in [-0.39, 0.29) is 30.0 Å². The number of aromatic nitrogens is 1. The minimum absolute atomic E-state index is 0.0148. The largest absolute Gasteiger partial charge is 0.439 e. The van der Waals surface area contributed by atoms with Crippen LogP contribution in [0.25, 0.3) is 0 Å². The Morgan fingerprint density at radius 2 is 2.12 bits per heavy atom. The van der Waals surface area contributed by atoms with Crippen LogP contribution < -0.4 is 10.1 Å². The normalized spacial score (nSPS) is 16.8. The average Bonchev–Trinajstić information content (AvgIpc) is 2.94. The third-order valence-electron chi connectivity index (χ3n) is 4.01. The highest BCUT2D eigenvalue weighted by Gasteiger charge is 2.31. The van der Waals surface area contributed by atoms with Crippen LogP contribution in [0.1, 0.15) is 12.0 Å². The number of likely N-dealkylation sites (tertiary alicyclic amines) is 1. The molecule has 3 rings (SSSR count). The highest BCUT2D eigenvalue weighted by Crippen LogP contribution is 2.20. The smallest absolute Gasteiger partial charge is 0.225 e. The molecule has 1 aliphatic rings. The number of carbonyl (C=O) groups is 2. The summed E-state index contributed by atoms with van der Waals surface area (Å²) in [6.07, 6.45) is 1.82. The molecule has 6 nitrogen and oxygen atoms in total. The Labute approximate surface area is 144 Å². The van der Waals surface area contributed by atoms with Crippen molar-refractivity contribution in [3.8, 4) is 11.6 Å². The lowest BCUT2D eigenvalue weighted by molar-refractivity contribution is -0.128. The van der Waals surface area contributed by atoms with Gasteiger partial charge in [0.2, 0.25) is 17.7 Å². The van der Waals surface area contributed by atoms with Crippen LogP contribution in [-0.2, 0) is 16.1 Å². The topological polar surface area (TPSA) is 71.5 Å². The number of rotatable bonds is 5. The van der Waals surface area contributed by atoms with Crippen molar-refractivity contribution in [2.45, 2.75) is 13.0 Å². The van der Waals surface area contributed by atoms with E-state index >= 15 is 0 Å². The Kier molecular flexibility index (Phi) is 4.92. The number of ether oxygens (including phenoxy) is 1. The van der Waals surface area contributed by atoms with Crippen LogP contribution in [0.4, 0.5) is 4.39 Å². The second kappa shape index (κ2) is 7.29. The Morgan fingerprint density at radius 1 is 1.36 bits per heavy atom. The van der Waals surface area contributed by atoms with Gasteiger partial charge < -0.3 is 15.0 Å². The van der Waals surface area contributed by atoms with Crippen LogP contribution in [0, 0.1) is 11.7 Å². The molecule has 25 heavy (non-hydrogen) atoms. The zero-order valence-corrected chi connectivity index (χ0v) is 13.7. The minimum atomic E-state index is -0.340. The second-order valence-corrected chi connectivity index (χ2v) is 5.95. The molecule has 0 saturated carbocycles. The fourth-order valence-corrected chi connectivity index (χ4v) is 2.61. The number of hydrogen-bond donors (Lipinski definition) is 1. The molecule has 7 heteroatoms. The maximum atomic E-state index is 12.9. The Balaban J connectivity index is 1.57. The summed E-state index contributed by atoms with van der Waals surface area (Å²) in [5, 5.41) is 2.83. The van der Waals surface area contributed by atoms with Crippen LogP contribution in [0.15, 0.2) is 42.6 Å². The van der Waals surface area contributed by atoms with Gasteiger partial charge in [-0.1, -0.05) is 0 Å². The van der Waals surface area contributed by atoms with Gasteiger partial charge in [-0.3, -0.25) is 9.59 Å². The third-order valence-corrected chi connectivity index (χ3v) is 4.01. The molecule has 2 amide bonds. The van der Waals surface area contributed by atoms with Crippen molar-refractivity contribution < 1.29 is 18.7 Å². The molecular formula is C18H18FN3O3. The molecular weight excluding hydrogens is 325 g/mol. The van der Waals surface area contributed by atoms with Gasteiger partial charge in [-0.25, -0.2) is 9.37 Å². The SMILES string of the molecule is CN1C[C@@H](C(=O)NCc2ccnc(Oc3ccc(F)cc3)c2)CC1=O. The Morgan fingerprint density at radius 3 is 2.80 bits per heavy atom. The first kappa shape index (κ1) is 16.9. The zero-order chi connectivity index (χ0) is 17.8.